The molecule has 0 amide bonds. The van der Waals surface area contributed by atoms with Gasteiger partial charge in [-0.15, -0.1) is 6.04 Å². The van der Waals surface area contributed by atoms with E-state index >= 15 is 0 Å². The predicted molar refractivity (Wildman–Crippen MR) is 39.1 cm³/mol. The fraction of sp³-hybridized carbons (Fsp3) is 0.250. The van der Waals surface area contributed by atoms with E-state index in [0.717, 1.165) is 5.56 Å². The van der Waals surface area contributed by atoms with E-state index in [4.69, 9.17) is 5.73 Å². The molecule has 0 spiro atoms. The number of benzene rings is 1. The highest BCUT2D eigenvalue weighted by Crippen LogP contribution is 2.14. The molecular formula is C8H9FN-. The number of hydrogen-bond acceptors (Lipinski definition) is 0. The first kappa shape index (κ1) is 7.22. The number of nitrogens with one attached hydrogen (secondary N) is 1. The number of halogens is 1. The van der Waals surface area contributed by atoms with Gasteiger partial charge in [0.1, 0.15) is 5.82 Å². The summed E-state index contributed by atoms with van der Waals surface area (Å²) in [4.78, 5) is 0. The van der Waals surface area contributed by atoms with Gasteiger partial charge < -0.3 is 5.73 Å². The third-order valence-corrected chi connectivity index (χ3v) is 1.37. The van der Waals surface area contributed by atoms with E-state index in [-0.39, 0.29) is 11.9 Å². The first-order valence-corrected chi connectivity index (χ1v) is 3.17. The first-order valence-electron chi connectivity index (χ1n) is 3.17. The second kappa shape index (κ2) is 2.80. The molecule has 2 heteroatoms. The van der Waals surface area contributed by atoms with E-state index in [2.05, 4.69) is 0 Å². The molecule has 1 rings (SSSR count). The van der Waals surface area contributed by atoms with Crippen molar-refractivity contribution in [2.75, 3.05) is 0 Å². The van der Waals surface area contributed by atoms with Crippen molar-refractivity contribution in [1.82, 2.24) is 0 Å². The van der Waals surface area contributed by atoms with Crippen LogP contribution in [0, 0.1) is 5.82 Å². The van der Waals surface area contributed by atoms with Crippen molar-refractivity contribution in [2.45, 2.75) is 13.0 Å². The maximum Gasteiger partial charge on any atom is 0.123 e. The monoisotopic (exact) mass is 138 g/mol. The van der Waals surface area contributed by atoms with Gasteiger partial charge in [0.05, 0.1) is 0 Å². The van der Waals surface area contributed by atoms with Crippen molar-refractivity contribution in [3.63, 3.8) is 0 Å². The normalized spacial score (nSPS) is 13.1. The topological polar surface area (TPSA) is 23.8 Å². The van der Waals surface area contributed by atoms with E-state index in [1.807, 2.05) is 0 Å². The van der Waals surface area contributed by atoms with Crippen molar-refractivity contribution in [3.8, 4) is 0 Å². The number of hydrogen-bond donors (Lipinski definition) is 0. The third kappa shape index (κ3) is 1.54. The standard InChI is InChI=1S/C8H9FN/c1-6(10)7-2-4-8(9)5-3-7/h2-6,10H,1H3/q-1/t6-/m0/s1. The molecule has 0 saturated carbocycles. The smallest absolute Gasteiger partial charge is 0.123 e. The van der Waals surface area contributed by atoms with E-state index < -0.39 is 0 Å². The molecule has 10 heavy (non-hydrogen) atoms. The Balaban J connectivity index is 2.89. The highest BCUT2D eigenvalue weighted by molar-refractivity contribution is 5.20. The van der Waals surface area contributed by atoms with Gasteiger partial charge in [-0.25, -0.2) is 4.39 Å². The van der Waals surface area contributed by atoms with Crippen LogP contribution in [0.4, 0.5) is 4.39 Å². The van der Waals surface area contributed by atoms with Crippen LogP contribution in [0.25, 0.3) is 5.73 Å². The Morgan fingerprint density at radius 1 is 1.30 bits per heavy atom. The largest absolute Gasteiger partial charge is 0.671 e. The molecule has 0 bridgehead atoms. The molecule has 0 aliphatic heterocycles. The molecule has 0 saturated heterocycles. The lowest BCUT2D eigenvalue weighted by Gasteiger charge is -2.12. The van der Waals surface area contributed by atoms with Crippen molar-refractivity contribution < 1.29 is 4.39 Å². The second-order valence-electron chi connectivity index (χ2n) is 2.27. The summed E-state index contributed by atoms with van der Waals surface area (Å²) in [5.41, 5.74) is 8.12. The van der Waals surface area contributed by atoms with Crippen LogP contribution < -0.4 is 0 Å². The van der Waals surface area contributed by atoms with Gasteiger partial charge in [-0.3, -0.25) is 0 Å². The lowest BCUT2D eigenvalue weighted by atomic mass is 10.1. The Morgan fingerprint density at radius 3 is 2.20 bits per heavy atom. The third-order valence-electron chi connectivity index (χ3n) is 1.37. The zero-order valence-electron chi connectivity index (χ0n) is 5.76. The molecule has 0 aromatic heterocycles. The minimum absolute atomic E-state index is 0.246. The molecule has 0 aliphatic carbocycles. The molecule has 1 N–H and O–H groups in total. The molecule has 0 heterocycles. The Morgan fingerprint density at radius 2 is 1.80 bits per heavy atom. The summed E-state index contributed by atoms with van der Waals surface area (Å²) in [5, 5.41) is 0. The van der Waals surface area contributed by atoms with Gasteiger partial charge in [0, 0.05) is 0 Å². The average Bonchev–Trinajstić information content (AvgIpc) is 1.88. The summed E-state index contributed by atoms with van der Waals surface area (Å²) >= 11 is 0. The minimum Gasteiger partial charge on any atom is -0.671 e. The van der Waals surface area contributed by atoms with Crippen molar-refractivity contribution in [1.29, 1.82) is 0 Å². The van der Waals surface area contributed by atoms with Gasteiger partial charge >= 0.3 is 0 Å². The molecule has 1 nitrogen and oxygen atoms in total. The molecule has 1 aromatic carbocycles. The van der Waals surface area contributed by atoms with Crippen molar-refractivity contribution >= 4 is 0 Å². The van der Waals surface area contributed by atoms with Crippen molar-refractivity contribution in [3.05, 3.63) is 41.4 Å². The second-order valence-corrected chi connectivity index (χ2v) is 2.27. The molecular weight excluding hydrogens is 129 g/mol. The fourth-order valence-electron chi connectivity index (χ4n) is 0.751. The van der Waals surface area contributed by atoms with Gasteiger partial charge in [-0.1, -0.05) is 24.6 Å². The van der Waals surface area contributed by atoms with Gasteiger partial charge in [0.15, 0.2) is 0 Å². The van der Waals surface area contributed by atoms with Gasteiger partial charge in [0.2, 0.25) is 0 Å². The number of rotatable bonds is 1. The maximum atomic E-state index is 12.3. The lowest BCUT2D eigenvalue weighted by Crippen LogP contribution is -1.84. The van der Waals surface area contributed by atoms with Crippen LogP contribution in [-0.4, -0.2) is 0 Å². The van der Waals surface area contributed by atoms with E-state index in [1.165, 1.54) is 12.1 Å². The maximum absolute atomic E-state index is 12.3. The van der Waals surface area contributed by atoms with E-state index in [9.17, 15) is 4.39 Å². The minimum atomic E-state index is -0.263. The average molecular weight is 138 g/mol. The summed E-state index contributed by atoms with van der Waals surface area (Å²) in [5.74, 6) is -0.246. The Bertz CT molecular complexity index is 203. The quantitative estimate of drug-likeness (QED) is 0.569. The molecule has 1 aromatic rings. The fourth-order valence-corrected chi connectivity index (χ4v) is 0.751. The van der Waals surface area contributed by atoms with Gasteiger partial charge in [-0.2, -0.15) is 0 Å². The Labute approximate surface area is 59.7 Å². The summed E-state index contributed by atoms with van der Waals surface area (Å²) in [6, 6.07) is 5.75. The van der Waals surface area contributed by atoms with Crippen LogP contribution in [0.5, 0.6) is 0 Å². The lowest BCUT2D eigenvalue weighted by molar-refractivity contribution is 0.626. The molecule has 0 fully saturated rings. The predicted octanol–water partition coefficient (Wildman–Crippen LogP) is 2.94. The van der Waals surface area contributed by atoms with Crippen LogP contribution >= 0.6 is 0 Å². The SMILES string of the molecule is C[C@H]([NH-])c1ccc(F)cc1. The molecule has 0 radical (unpaired) electrons. The van der Waals surface area contributed by atoms with E-state index in [0.29, 0.717) is 0 Å². The van der Waals surface area contributed by atoms with E-state index in [1.54, 1.807) is 19.1 Å². The highest BCUT2D eigenvalue weighted by atomic mass is 19.1. The molecule has 0 unspecified atom stereocenters. The summed E-state index contributed by atoms with van der Waals surface area (Å²) in [6.07, 6.45) is 0. The Kier molecular flexibility index (Phi) is 2.02. The van der Waals surface area contributed by atoms with Crippen LogP contribution in [-0.2, 0) is 0 Å². The van der Waals surface area contributed by atoms with Crippen LogP contribution in [0.3, 0.4) is 0 Å². The molecule has 1 atom stereocenters. The zero-order chi connectivity index (χ0) is 7.56. The molecule has 0 aliphatic rings. The van der Waals surface area contributed by atoms with Crippen LogP contribution in [0.15, 0.2) is 24.3 Å². The highest BCUT2D eigenvalue weighted by Gasteiger charge is 1.91. The van der Waals surface area contributed by atoms with Gasteiger partial charge in [0.25, 0.3) is 0 Å². The molecule has 54 valence electrons. The summed E-state index contributed by atoms with van der Waals surface area (Å²) in [7, 11) is 0. The zero-order valence-corrected chi connectivity index (χ0v) is 5.76. The first-order chi connectivity index (χ1) is 4.70. The van der Waals surface area contributed by atoms with Crippen LogP contribution in [0.2, 0.25) is 0 Å². The Hall–Kier alpha value is -0.890. The van der Waals surface area contributed by atoms with Crippen molar-refractivity contribution in [2.24, 2.45) is 0 Å². The summed E-state index contributed by atoms with van der Waals surface area (Å²) in [6.45, 7) is 1.76. The van der Waals surface area contributed by atoms with Crippen LogP contribution in [0.1, 0.15) is 18.5 Å². The van der Waals surface area contributed by atoms with Gasteiger partial charge in [-0.05, 0) is 12.1 Å². The summed E-state index contributed by atoms with van der Waals surface area (Å²) < 4.78 is 12.3.